The number of benzene rings is 2. The Kier molecular flexibility index (Phi) is 6.24. The van der Waals surface area contributed by atoms with Gasteiger partial charge in [-0.25, -0.2) is 17.6 Å². The van der Waals surface area contributed by atoms with E-state index < -0.39 is 23.3 Å². The Morgan fingerprint density at radius 1 is 0.750 bits per heavy atom. The fraction of sp³-hybridized carbons (Fsp3) is 0.333. The van der Waals surface area contributed by atoms with Crippen molar-refractivity contribution in [2.45, 2.75) is 45.2 Å². The molecule has 0 bridgehead atoms. The summed E-state index contributed by atoms with van der Waals surface area (Å²) in [7, 11) is 0. The molecule has 28 heavy (non-hydrogen) atoms. The SMILES string of the molecule is CC(=Nc1c(F)cccc1F)C1CCCC(C(C)=Nc2c(F)cccc2F)N1. The van der Waals surface area contributed by atoms with E-state index in [0.29, 0.717) is 11.4 Å². The maximum Gasteiger partial charge on any atom is 0.151 e. The number of halogens is 4. The molecular weight excluding hydrogens is 370 g/mol. The second-order valence-corrected chi connectivity index (χ2v) is 6.85. The average molecular weight is 391 g/mol. The molecular formula is C21H21F4N3. The number of aliphatic imine (C=N–C) groups is 2. The lowest BCUT2D eigenvalue weighted by molar-refractivity contribution is 0.427. The van der Waals surface area contributed by atoms with Gasteiger partial charge >= 0.3 is 0 Å². The molecule has 1 aliphatic rings. The van der Waals surface area contributed by atoms with E-state index in [4.69, 9.17) is 0 Å². The van der Waals surface area contributed by atoms with Gasteiger partial charge in [-0.1, -0.05) is 12.1 Å². The van der Waals surface area contributed by atoms with Crippen LogP contribution in [0.15, 0.2) is 46.4 Å². The molecule has 0 amide bonds. The van der Waals surface area contributed by atoms with Gasteiger partial charge in [-0.15, -0.1) is 0 Å². The summed E-state index contributed by atoms with van der Waals surface area (Å²) in [4.78, 5) is 8.26. The number of para-hydroxylation sites is 2. The molecule has 1 heterocycles. The summed E-state index contributed by atoms with van der Waals surface area (Å²) < 4.78 is 55.4. The molecule has 2 atom stereocenters. The third-order valence-corrected chi connectivity index (χ3v) is 4.85. The molecule has 0 aromatic heterocycles. The first kappa shape index (κ1) is 20.2. The van der Waals surface area contributed by atoms with Gasteiger partial charge in [0.05, 0.1) is 0 Å². The molecule has 2 aromatic rings. The lowest BCUT2D eigenvalue weighted by atomic mass is 9.93. The smallest absolute Gasteiger partial charge is 0.151 e. The van der Waals surface area contributed by atoms with Gasteiger partial charge in [-0.3, -0.25) is 9.98 Å². The molecule has 3 rings (SSSR count). The van der Waals surface area contributed by atoms with Crippen molar-refractivity contribution >= 4 is 22.8 Å². The summed E-state index contributed by atoms with van der Waals surface area (Å²) in [5, 5.41) is 3.32. The van der Waals surface area contributed by atoms with Gasteiger partial charge in [0.25, 0.3) is 0 Å². The lowest BCUT2D eigenvalue weighted by Crippen LogP contribution is -2.49. The summed E-state index contributed by atoms with van der Waals surface area (Å²) in [6.07, 6.45) is 2.30. The van der Waals surface area contributed by atoms with E-state index in [0.717, 1.165) is 43.5 Å². The van der Waals surface area contributed by atoms with Crippen LogP contribution in [0.4, 0.5) is 28.9 Å². The Bertz CT molecular complexity index is 810. The largest absolute Gasteiger partial charge is 0.301 e. The number of hydrogen-bond donors (Lipinski definition) is 1. The Morgan fingerprint density at radius 3 is 1.46 bits per heavy atom. The van der Waals surface area contributed by atoms with Crippen molar-refractivity contribution in [3.63, 3.8) is 0 Å². The highest BCUT2D eigenvalue weighted by molar-refractivity contribution is 5.93. The number of rotatable bonds is 4. The van der Waals surface area contributed by atoms with Crippen LogP contribution >= 0.6 is 0 Å². The van der Waals surface area contributed by atoms with Crippen molar-refractivity contribution < 1.29 is 17.6 Å². The summed E-state index contributed by atoms with van der Waals surface area (Å²) in [5.74, 6) is -2.89. The maximum absolute atomic E-state index is 13.8. The summed E-state index contributed by atoms with van der Waals surface area (Å²) >= 11 is 0. The molecule has 0 aliphatic carbocycles. The van der Waals surface area contributed by atoms with Crippen LogP contribution in [-0.4, -0.2) is 23.5 Å². The van der Waals surface area contributed by atoms with E-state index in [9.17, 15) is 17.6 Å². The minimum Gasteiger partial charge on any atom is -0.301 e. The van der Waals surface area contributed by atoms with Gasteiger partial charge in [0.1, 0.15) is 11.4 Å². The van der Waals surface area contributed by atoms with Crippen LogP contribution in [0.1, 0.15) is 33.1 Å². The number of nitrogens with zero attached hydrogens (tertiary/aromatic N) is 2. The Morgan fingerprint density at radius 2 is 1.11 bits per heavy atom. The summed E-state index contributed by atoms with van der Waals surface area (Å²) in [5.41, 5.74) is 0.447. The van der Waals surface area contributed by atoms with E-state index in [1.165, 1.54) is 12.1 Å². The van der Waals surface area contributed by atoms with Gasteiger partial charge in [0, 0.05) is 23.5 Å². The van der Waals surface area contributed by atoms with E-state index in [-0.39, 0.29) is 23.5 Å². The van der Waals surface area contributed by atoms with Crippen LogP contribution in [0.3, 0.4) is 0 Å². The van der Waals surface area contributed by atoms with Crippen molar-refractivity contribution in [2.75, 3.05) is 0 Å². The fourth-order valence-electron chi connectivity index (χ4n) is 3.29. The first-order valence-electron chi connectivity index (χ1n) is 9.11. The average Bonchev–Trinajstić information content (AvgIpc) is 2.67. The second kappa shape index (κ2) is 8.65. The summed E-state index contributed by atoms with van der Waals surface area (Å²) in [6, 6.07) is 6.78. The lowest BCUT2D eigenvalue weighted by Gasteiger charge is -2.31. The zero-order chi connectivity index (χ0) is 20.3. The third kappa shape index (κ3) is 4.47. The summed E-state index contributed by atoms with van der Waals surface area (Å²) in [6.45, 7) is 3.41. The molecule has 0 spiro atoms. The highest BCUT2D eigenvalue weighted by Crippen LogP contribution is 2.25. The van der Waals surface area contributed by atoms with Crippen LogP contribution in [0.25, 0.3) is 0 Å². The molecule has 2 aromatic carbocycles. The van der Waals surface area contributed by atoms with Crippen molar-refractivity contribution in [3.8, 4) is 0 Å². The Balaban J connectivity index is 1.80. The molecule has 1 fully saturated rings. The first-order valence-corrected chi connectivity index (χ1v) is 9.11. The van der Waals surface area contributed by atoms with E-state index in [2.05, 4.69) is 15.3 Å². The minimum absolute atomic E-state index is 0.214. The topological polar surface area (TPSA) is 36.8 Å². The van der Waals surface area contributed by atoms with Crippen molar-refractivity contribution in [3.05, 3.63) is 59.7 Å². The molecule has 0 saturated carbocycles. The molecule has 148 valence electrons. The second-order valence-electron chi connectivity index (χ2n) is 6.85. The van der Waals surface area contributed by atoms with Crippen LogP contribution in [-0.2, 0) is 0 Å². The number of piperidine rings is 1. The monoisotopic (exact) mass is 391 g/mol. The first-order chi connectivity index (χ1) is 13.4. The van der Waals surface area contributed by atoms with Crippen LogP contribution in [0.2, 0.25) is 0 Å². The predicted molar refractivity (Wildman–Crippen MR) is 103 cm³/mol. The molecule has 7 heteroatoms. The Hall–Kier alpha value is -2.54. The molecule has 2 unspecified atom stereocenters. The van der Waals surface area contributed by atoms with Crippen molar-refractivity contribution in [2.24, 2.45) is 9.98 Å². The van der Waals surface area contributed by atoms with Crippen molar-refractivity contribution in [1.82, 2.24) is 5.32 Å². The predicted octanol–water partition coefficient (Wildman–Crippen LogP) is 5.64. The van der Waals surface area contributed by atoms with Gasteiger partial charge in [-0.05, 0) is 57.4 Å². The standard InChI is InChI=1S/C21H21F4N3/c1-12(26-20-14(22)6-3-7-15(20)23)18-10-5-11-19(28-18)13(2)27-21-16(24)8-4-9-17(21)25/h3-4,6-9,18-19,28H,5,10-11H2,1-2H3. The zero-order valence-electron chi connectivity index (χ0n) is 15.6. The molecule has 1 N–H and O–H groups in total. The Labute approximate surface area is 161 Å². The van der Waals surface area contributed by atoms with Crippen LogP contribution in [0.5, 0.6) is 0 Å². The van der Waals surface area contributed by atoms with Crippen molar-refractivity contribution in [1.29, 1.82) is 0 Å². The van der Waals surface area contributed by atoms with Crippen LogP contribution in [0, 0.1) is 23.3 Å². The number of nitrogens with one attached hydrogen (secondary N) is 1. The van der Waals surface area contributed by atoms with E-state index in [1.54, 1.807) is 13.8 Å². The highest BCUT2D eigenvalue weighted by atomic mass is 19.1. The van der Waals surface area contributed by atoms with Gasteiger partial charge in [-0.2, -0.15) is 0 Å². The van der Waals surface area contributed by atoms with Gasteiger partial charge in [0.2, 0.25) is 0 Å². The van der Waals surface area contributed by atoms with Gasteiger partial charge in [0.15, 0.2) is 23.3 Å². The van der Waals surface area contributed by atoms with E-state index >= 15 is 0 Å². The maximum atomic E-state index is 13.8. The van der Waals surface area contributed by atoms with Crippen LogP contribution < -0.4 is 5.32 Å². The molecule has 3 nitrogen and oxygen atoms in total. The minimum atomic E-state index is -0.723. The molecule has 1 saturated heterocycles. The quantitative estimate of drug-likeness (QED) is 0.532. The number of hydrogen-bond acceptors (Lipinski definition) is 3. The van der Waals surface area contributed by atoms with Gasteiger partial charge < -0.3 is 5.32 Å². The third-order valence-electron chi connectivity index (χ3n) is 4.85. The molecule has 0 radical (unpaired) electrons. The van der Waals surface area contributed by atoms with E-state index in [1.807, 2.05) is 0 Å². The highest BCUT2D eigenvalue weighted by Gasteiger charge is 2.25. The normalized spacial score (nSPS) is 21.1. The molecule has 1 aliphatic heterocycles. The zero-order valence-corrected chi connectivity index (χ0v) is 15.6. The fourth-order valence-corrected chi connectivity index (χ4v) is 3.29.